The molecule has 15 heteroatoms. The minimum atomic E-state index is -0.955. The molecule has 0 spiro atoms. The zero-order valence-electron chi connectivity index (χ0n) is 27.5. The SMILES string of the molecule is Cc1ccn(C(=O)C23CC(CNc4nc(OC[C@@]56CCCN5C[C@H](F)C6)nc5c(F)c(-c6ccc(F)c7sc(N)c(C#N)c67)c(Cl)cc45)(C2)C3)n1. The van der Waals surface area contributed by atoms with E-state index < -0.39 is 28.8 Å². The Balaban J connectivity index is 1.08. The summed E-state index contributed by atoms with van der Waals surface area (Å²) in [6, 6.07) is 7.86. The van der Waals surface area contributed by atoms with Crippen molar-refractivity contribution in [3.05, 3.63) is 58.4 Å². The molecule has 51 heavy (non-hydrogen) atoms. The number of nitrogen functional groups attached to an aromatic ring is 1. The Morgan fingerprint density at radius 1 is 1.25 bits per heavy atom. The van der Waals surface area contributed by atoms with Gasteiger partial charge in [-0.1, -0.05) is 17.7 Å². The van der Waals surface area contributed by atoms with Gasteiger partial charge in [-0.05, 0) is 74.8 Å². The zero-order chi connectivity index (χ0) is 35.4. The van der Waals surface area contributed by atoms with Crippen LogP contribution >= 0.6 is 22.9 Å². The first-order valence-corrected chi connectivity index (χ1v) is 18.1. The maximum absolute atomic E-state index is 16.9. The molecule has 0 radical (unpaired) electrons. The summed E-state index contributed by atoms with van der Waals surface area (Å²) >= 11 is 7.73. The fraction of sp³-hybridized carbons (Fsp3) is 0.417. The molecular formula is C36H32ClF3N8O2S. The average Bonchev–Trinajstić information content (AvgIpc) is 3.82. The predicted octanol–water partition coefficient (Wildman–Crippen LogP) is 7.28. The van der Waals surface area contributed by atoms with Crippen LogP contribution in [-0.4, -0.2) is 68.5 Å². The Labute approximate surface area is 299 Å². The molecule has 10 nitrogen and oxygen atoms in total. The van der Waals surface area contributed by atoms with Gasteiger partial charge in [0.25, 0.3) is 5.91 Å². The lowest BCUT2D eigenvalue weighted by Crippen LogP contribution is -2.68. The summed E-state index contributed by atoms with van der Waals surface area (Å²) in [6.07, 6.45) is 4.83. The number of nitrogens with one attached hydrogen (secondary N) is 1. The molecule has 3 aliphatic carbocycles. The maximum atomic E-state index is 16.9. The van der Waals surface area contributed by atoms with Gasteiger partial charge in [0.05, 0.1) is 31.9 Å². The van der Waals surface area contributed by atoms with E-state index in [1.165, 1.54) is 16.8 Å². The van der Waals surface area contributed by atoms with Gasteiger partial charge < -0.3 is 15.8 Å². The number of hydrogen-bond donors (Lipinski definition) is 2. The molecule has 262 valence electrons. The third kappa shape index (κ3) is 4.84. The van der Waals surface area contributed by atoms with Crippen molar-refractivity contribution in [3.8, 4) is 23.2 Å². The second-order valence-corrected chi connectivity index (χ2v) is 16.2. The second-order valence-electron chi connectivity index (χ2n) is 14.8. The first-order valence-electron chi connectivity index (χ1n) is 16.9. The maximum Gasteiger partial charge on any atom is 0.319 e. The first kappa shape index (κ1) is 32.5. The lowest BCUT2D eigenvalue weighted by atomic mass is 9.35. The van der Waals surface area contributed by atoms with E-state index in [1.54, 1.807) is 18.3 Å². The Hall–Kier alpha value is -4.45. The van der Waals surface area contributed by atoms with E-state index in [9.17, 15) is 18.8 Å². The van der Waals surface area contributed by atoms with Crippen LogP contribution in [0.1, 0.15) is 54.6 Å². The molecule has 0 amide bonds. The number of benzene rings is 2. The van der Waals surface area contributed by atoms with E-state index in [-0.39, 0.29) is 66.3 Å². The van der Waals surface area contributed by atoms with Crippen molar-refractivity contribution in [1.82, 2.24) is 24.6 Å². The van der Waals surface area contributed by atoms with E-state index in [1.807, 2.05) is 13.0 Å². The molecule has 2 atom stereocenters. The van der Waals surface area contributed by atoms with E-state index in [4.69, 9.17) is 22.1 Å². The normalized spacial score (nSPS) is 26.5. The number of ether oxygens (including phenoxy) is 1. The summed E-state index contributed by atoms with van der Waals surface area (Å²) in [6.45, 7) is 3.57. The van der Waals surface area contributed by atoms with Gasteiger partial charge in [0.1, 0.15) is 41.0 Å². The van der Waals surface area contributed by atoms with Crippen molar-refractivity contribution >= 4 is 60.7 Å². The Morgan fingerprint density at radius 2 is 2.06 bits per heavy atom. The summed E-state index contributed by atoms with van der Waals surface area (Å²) in [5.74, 6) is -1.10. The number of rotatable bonds is 8. The number of aromatic nitrogens is 4. The number of nitrogens with two attached hydrogens (primary N) is 1. The largest absolute Gasteiger partial charge is 0.461 e. The predicted molar refractivity (Wildman–Crippen MR) is 188 cm³/mol. The number of anilines is 2. The minimum Gasteiger partial charge on any atom is -0.461 e. The van der Waals surface area contributed by atoms with Crippen LogP contribution in [-0.2, 0) is 0 Å². The highest BCUT2D eigenvalue weighted by Gasteiger charge is 2.71. The molecule has 2 aromatic carbocycles. The molecule has 5 aliphatic rings. The molecule has 3 N–H and O–H groups in total. The molecule has 0 unspecified atom stereocenters. The van der Waals surface area contributed by atoms with Crippen LogP contribution in [0.25, 0.3) is 32.1 Å². The van der Waals surface area contributed by atoms with Gasteiger partial charge in [0.2, 0.25) is 0 Å². The van der Waals surface area contributed by atoms with Crippen LogP contribution < -0.4 is 15.8 Å². The van der Waals surface area contributed by atoms with Crippen LogP contribution in [0.5, 0.6) is 6.01 Å². The zero-order valence-corrected chi connectivity index (χ0v) is 29.1. The van der Waals surface area contributed by atoms with Crippen LogP contribution in [0, 0.1) is 40.7 Å². The van der Waals surface area contributed by atoms with Gasteiger partial charge in [-0.2, -0.15) is 20.3 Å². The van der Waals surface area contributed by atoms with E-state index in [0.717, 1.165) is 36.4 Å². The summed E-state index contributed by atoms with van der Waals surface area (Å²) in [5.41, 5.74) is 5.86. The molecule has 10 rings (SSSR count). The van der Waals surface area contributed by atoms with E-state index in [0.29, 0.717) is 50.0 Å². The van der Waals surface area contributed by atoms with Crippen molar-refractivity contribution in [3.63, 3.8) is 0 Å². The molecule has 2 saturated heterocycles. The number of hydrogen-bond acceptors (Lipinski definition) is 10. The molecular weight excluding hydrogens is 701 g/mol. The molecule has 5 aromatic rings. The molecule has 3 saturated carbocycles. The summed E-state index contributed by atoms with van der Waals surface area (Å²) in [5, 5.41) is 18.1. The van der Waals surface area contributed by atoms with Crippen molar-refractivity contribution in [2.75, 3.05) is 37.3 Å². The standard InChI is InChI=1S/C36H32ClF3N8O2S/c1-18-5-8-48(46-18)32(49)35-13-34(14-35,15-35)16-43-31-21-9-23(37)26(20-3-4-24(39)29-25(20)22(11-41)30(42)51-29)27(40)28(21)44-33(45-31)50-17-36-6-2-7-47(36)12-19(38)10-36/h3-5,8-9,19H,2,6-7,10,12-17,42H2,1H3,(H,43,44,45)/t19-,34?,35?,36+/m1/s1. The van der Waals surface area contributed by atoms with Gasteiger partial charge in [-0.15, -0.1) is 11.3 Å². The molecule has 2 bridgehead atoms. The van der Waals surface area contributed by atoms with Crippen molar-refractivity contribution < 1.29 is 22.7 Å². The summed E-state index contributed by atoms with van der Waals surface area (Å²) in [7, 11) is 0. The van der Waals surface area contributed by atoms with Crippen molar-refractivity contribution in [2.24, 2.45) is 10.8 Å². The Kier molecular flexibility index (Phi) is 7.17. The smallest absolute Gasteiger partial charge is 0.319 e. The van der Waals surface area contributed by atoms with Crippen LogP contribution in [0.2, 0.25) is 5.02 Å². The Bertz CT molecular complexity index is 2340. The van der Waals surface area contributed by atoms with Crippen molar-refractivity contribution in [2.45, 2.75) is 57.2 Å². The van der Waals surface area contributed by atoms with E-state index >= 15 is 4.39 Å². The molecule has 2 aliphatic heterocycles. The number of halogens is 4. The quantitative estimate of drug-likeness (QED) is 0.169. The number of carbonyl (C=O) groups excluding carboxylic acids is 1. The molecule has 5 fully saturated rings. The third-order valence-corrected chi connectivity index (χ3v) is 12.8. The summed E-state index contributed by atoms with van der Waals surface area (Å²) in [4.78, 5) is 24.5. The van der Waals surface area contributed by atoms with Crippen molar-refractivity contribution in [1.29, 1.82) is 5.26 Å². The lowest BCUT2D eigenvalue weighted by Gasteiger charge is -2.69. The minimum absolute atomic E-state index is 0.00639. The van der Waals surface area contributed by atoms with Gasteiger partial charge >= 0.3 is 6.01 Å². The highest BCUT2D eigenvalue weighted by atomic mass is 35.5. The van der Waals surface area contributed by atoms with Crippen LogP contribution in [0.3, 0.4) is 0 Å². The molecule has 5 heterocycles. The lowest BCUT2D eigenvalue weighted by molar-refractivity contribution is -0.161. The van der Waals surface area contributed by atoms with Crippen LogP contribution in [0.15, 0.2) is 30.5 Å². The number of nitrogens with zero attached hydrogens (tertiary/aromatic N) is 6. The number of thiophene rings is 1. The Morgan fingerprint density at radius 3 is 2.80 bits per heavy atom. The number of carbonyl (C=O) groups is 1. The first-order chi connectivity index (χ1) is 24.4. The van der Waals surface area contributed by atoms with Gasteiger partial charge in [0, 0.05) is 42.0 Å². The van der Waals surface area contributed by atoms with Gasteiger partial charge in [-0.3, -0.25) is 9.69 Å². The van der Waals surface area contributed by atoms with Gasteiger partial charge in [-0.25, -0.2) is 17.9 Å². The van der Waals surface area contributed by atoms with E-state index in [2.05, 4.69) is 25.3 Å². The van der Waals surface area contributed by atoms with Gasteiger partial charge in [0.15, 0.2) is 5.82 Å². The number of aryl methyl sites for hydroxylation is 1. The monoisotopic (exact) mass is 732 g/mol. The second kappa shape index (κ2) is 11.3. The molecule has 3 aromatic heterocycles. The average molecular weight is 733 g/mol. The fourth-order valence-corrected chi connectivity index (χ4v) is 10.5. The highest BCUT2D eigenvalue weighted by Crippen LogP contribution is 2.73. The number of alkyl halides is 1. The number of fused-ring (bicyclic) bond motifs is 3. The third-order valence-electron chi connectivity index (χ3n) is 11.4. The topological polar surface area (TPSA) is 135 Å². The number of nitriles is 1. The highest BCUT2D eigenvalue weighted by molar-refractivity contribution is 7.23. The summed E-state index contributed by atoms with van der Waals surface area (Å²) < 4.78 is 54.1. The van der Waals surface area contributed by atoms with Crippen LogP contribution in [0.4, 0.5) is 24.0 Å². The fourth-order valence-electron chi connectivity index (χ4n) is 9.23.